The lowest BCUT2D eigenvalue weighted by Gasteiger charge is -2.37. The lowest BCUT2D eigenvalue weighted by molar-refractivity contribution is -0.139. The first-order chi connectivity index (χ1) is 30.8. The van der Waals surface area contributed by atoms with Crippen LogP contribution >= 0.6 is 0 Å². The van der Waals surface area contributed by atoms with Gasteiger partial charge >= 0.3 is 6.09 Å². The monoisotopic (exact) mass is 859 g/mol. The fraction of sp³-hybridized carbons (Fsp3) is 0.438. The Morgan fingerprint density at radius 3 is 1.92 bits per heavy atom. The van der Waals surface area contributed by atoms with Gasteiger partial charge in [0, 0.05) is 49.6 Å². The lowest BCUT2D eigenvalue weighted by atomic mass is 9.93. The van der Waals surface area contributed by atoms with Gasteiger partial charge in [-0.3, -0.25) is 14.5 Å². The minimum atomic E-state index is -0.910. The number of benzene rings is 3. The molecule has 4 saturated heterocycles. The summed E-state index contributed by atoms with van der Waals surface area (Å²) in [5.74, 6) is -0.0726. The minimum Gasteiger partial charge on any atom is -0.453 e. The first-order valence-corrected chi connectivity index (χ1v) is 22.4. The molecule has 3 aromatic carbocycles. The number of imidazole rings is 2. The second-order valence-electron chi connectivity index (χ2n) is 17.2. The van der Waals surface area contributed by atoms with Crippen LogP contribution in [0.5, 0.6) is 0 Å². The number of alkyl carbamates (subject to hydrolysis) is 1. The average molecular weight is 860 g/mol. The highest BCUT2D eigenvalue weighted by Crippen LogP contribution is 2.39. The molecule has 4 atom stereocenters. The number of halogens is 2. The van der Waals surface area contributed by atoms with E-state index in [0.29, 0.717) is 67.5 Å². The van der Waals surface area contributed by atoms with Crippen LogP contribution in [0.4, 0.5) is 19.3 Å². The van der Waals surface area contributed by atoms with Crippen molar-refractivity contribution >= 4 is 23.6 Å². The molecule has 0 bridgehead atoms. The van der Waals surface area contributed by atoms with Gasteiger partial charge in [-0.05, 0) is 87.7 Å². The van der Waals surface area contributed by atoms with E-state index in [9.17, 15) is 14.4 Å². The summed E-state index contributed by atoms with van der Waals surface area (Å²) in [7, 11) is 1.27. The molecule has 2 aromatic heterocycles. The molecule has 63 heavy (non-hydrogen) atoms. The molecule has 0 radical (unpaired) electrons. The molecule has 4 aliphatic heterocycles. The number of methoxy groups -OCH3 is 1. The van der Waals surface area contributed by atoms with E-state index in [-0.39, 0.29) is 41.5 Å². The summed E-state index contributed by atoms with van der Waals surface area (Å²) in [5, 5.41) is 2.70. The molecule has 4 aliphatic rings. The third-order valence-corrected chi connectivity index (χ3v) is 13.4. The summed E-state index contributed by atoms with van der Waals surface area (Å²) in [5.41, 5.74) is 3.38. The fourth-order valence-electron chi connectivity index (χ4n) is 10.2. The number of ether oxygens (including phenoxy) is 1. The Labute approximate surface area is 366 Å². The number of rotatable bonds is 11. The van der Waals surface area contributed by atoms with Crippen LogP contribution in [0, 0.1) is 11.6 Å². The summed E-state index contributed by atoms with van der Waals surface area (Å²) in [6, 6.07) is 20.0. The number of hydrogen-bond donors (Lipinski definition) is 3. The van der Waals surface area contributed by atoms with Crippen LogP contribution in [0.2, 0.25) is 0 Å². The first kappa shape index (κ1) is 42.2. The highest BCUT2D eigenvalue weighted by molar-refractivity contribution is 5.87. The van der Waals surface area contributed by atoms with Crippen LogP contribution in [0.25, 0.3) is 11.3 Å². The number of anilines is 1. The highest BCUT2D eigenvalue weighted by atomic mass is 19.1. The number of carbonyl (C=O) groups excluding carboxylic acids is 3. The minimum absolute atomic E-state index is 0.0480. The van der Waals surface area contributed by atoms with Gasteiger partial charge in [0.25, 0.3) is 5.91 Å². The van der Waals surface area contributed by atoms with Gasteiger partial charge < -0.3 is 34.7 Å². The van der Waals surface area contributed by atoms with Crippen molar-refractivity contribution in [1.29, 1.82) is 0 Å². The molecular formula is C48H55F2N9O4. The summed E-state index contributed by atoms with van der Waals surface area (Å²) < 4.78 is 36.8. The normalized spacial score (nSPS) is 20.8. The van der Waals surface area contributed by atoms with Crippen LogP contribution in [0.15, 0.2) is 85.2 Å². The molecule has 0 spiro atoms. The van der Waals surface area contributed by atoms with E-state index in [0.717, 1.165) is 62.9 Å². The predicted molar refractivity (Wildman–Crippen MR) is 233 cm³/mol. The fourth-order valence-corrected chi connectivity index (χ4v) is 10.2. The van der Waals surface area contributed by atoms with Crippen LogP contribution in [-0.2, 0) is 14.3 Å². The second-order valence-corrected chi connectivity index (χ2v) is 17.2. The molecule has 330 valence electrons. The van der Waals surface area contributed by atoms with Crippen molar-refractivity contribution in [2.24, 2.45) is 0 Å². The number of hydrogen-bond acceptors (Lipinski definition) is 8. The average Bonchev–Trinajstić information content (AvgIpc) is 4.17. The zero-order chi connectivity index (χ0) is 43.5. The molecule has 3 N–H and O–H groups in total. The zero-order valence-electron chi connectivity index (χ0n) is 35.6. The largest absolute Gasteiger partial charge is 0.453 e. The SMILES string of the molecule is COC(=O)N[C@@H](C(=O)N1CCC[C@H]1c1ncc(C2CCN(c3c(F)cc(-c4cnc([C@@H]5CCCN5C(=O)[C@@H](c5ccccc5)N5CCCCC5)[nH]4)cc3F)CC2)[nH]1)c1ccccc1. The standard InChI is InChI=1S/C48H55F2N9O4/c1-63-48(62)55-41(32-13-5-2-6-14-32)46(60)58-23-11-17-39(58)44-51-29-37(53-44)31-19-25-57(26-20-31)43-35(49)27-34(28-36(43)50)38-30-52-45(54-38)40-18-12-24-59(40)47(61)42(33-15-7-3-8-16-33)56-21-9-4-10-22-56/h2-3,5-8,13-16,27-31,39-42H,4,9-12,17-26H2,1H3,(H,51,53)(H,52,54)(H,55,62)/t39-,40-,41+,42+/m0/s1. The molecule has 0 aliphatic carbocycles. The molecule has 13 nitrogen and oxygen atoms in total. The number of aromatic nitrogens is 4. The van der Waals surface area contributed by atoms with Crippen molar-refractivity contribution in [2.75, 3.05) is 51.3 Å². The Hall–Kier alpha value is -6.09. The molecule has 0 saturated carbocycles. The number of carbonyl (C=O) groups is 3. The summed E-state index contributed by atoms with van der Waals surface area (Å²) in [6.45, 7) is 3.80. The number of aromatic amines is 2. The Balaban J connectivity index is 0.846. The van der Waals surface area contributed by atoms with Crippen molar-refractivity contribution in [3.05, 3.63) is 125 Å². The van der Waals surface area contributed by atoms with E-state index in [1.165, 1.54) is 25.7 Å². The van der Waals surface area contributed by atoms with Gasteiger partial charge in [-0.2, -0.15) is 0 Å². The van der Waals surface area contributed by atoms with Crippen molar-refractivity contribution in [3.8, 4) is 11.3 Å². The van der Waals surface area contributed by atoms with Gasteiger partial charge in [-0.1, -0.05) is 67.1 Å². The van der Waals surface area contributed by atoms with Crippen molar-refractivity contribution in [2.45, 2.75) is 87.9 Å². The maximum absolute atomic E-state index is 16.0. The third kappa shape index (κ3) is 8.80. The summed E-state index contributed by atoms with van der Waals surface area (Å²) >= 11 is 0. The Morgan fingerprint density at radius 1 is 0.698 bits per heavy atom. The van der Waals surface area contributed by atoms with Crippen LogP contribution in [0.3, 0.4) is 0 Å². The molecule has 9 rings (SSSR count). The van der Waals surface area contributed by atoms with Gasteiger partial charge in [-0.25, -0.2) is 23.5 Å². The molecule has 6 heterocycles. The van der Waals surface area contributed by atoms with E-state index in [1.54, 1.807) is 28.1 Å². The smallest absolute Gasteiger partial charge is 0.407 e. The van der Waals surface area contributed by atoms with Crippen molar-refractivity contribution in [1.82, 2.24) is 40.0 Å². The van der Waals surface area contributed by atoms with Crippen LogP contribution in [-0.4, -0.2) is 98.9 Å². The molecule has 5 aromatic rings. The van der Waals surface area contributed by atoms with E-state index >= 15 is 8.78 Å². The van der Waals surface area contributed by atoms with Gasteiger partial charge in [0.1, 0.15) is 41.1 Å². The first-order valence-electron chi connectivity index (χ1n) is 22.4. The van der Waals surface area contributed by atoms with Crippen molar-refractivity contribution < 1.29 is 27.9 Å². The van der Waals surface area contributed by atoms with Gasteiger partial charge in [0.05, 0.1) is 31.1 Å². The maximum Gasteiger partial charge on any atom is 0.407 e. The number of piperidine rings is 2. The predicted octanol–water partition coefficient (Wildman–Crippen LogP) is 8.11. The third-order valence-electron chi connectivity index (χ3n) is 13.4. The molecule has 15 heteroatoms. The maximum atomic E-state index is 16.0. The van der Waals surface area contributed by atoms with Gasteiger partial charge in [0.15, 0.2) is 0 Å². The number of amides is 3. The number of nitrogens with zero attached hydrogens (tertiary/aromatic N) is 6. The molecular weight excluding hydrogens is 805 g/mol. The summed E-state index contributed by atoms with van der Waals surface area (Å²) in [6.07, 6.45) is 10.4. The zero-order valence-corrected chi connectivity index (χ0v) is 35.6. The van der Waals surface area contributed by atoms with E-state index in [2.05, 4.69) is 25.2 Å². The molecule has 4 fully saturated rings. The van der Waals surface area contributed by atoms with Gasteiger partial charge in [-0.15, -0.1) is 0 Å². The second kappa shape index (κ2) is 18.7. The summed E-state index contributed by atoms with van der Waals surface area (Å²) in [4.78, 5) is 64.5. The van der Waals surface area contributed by atoms with Crippen LogP contribution in [0.1, 0.15) is 116 Å². The number of likely N-dealkylation sites (tertiary alicyclic amines) is 3. The number of H-pyrrole nitrogens is 2. The van der Waals surface area contributed by atoms with Crippen molar-refractivity contribution in [3.63, 3.8) is 0 Å². The van der Waals surface area contributed by atoms with E-state index in [1.807, 2.05) is 59.6 Å². The molecule has 3 amide bonds. The Morgan fingerprint density at radius 2 is 1.29 bits per heavy atom. The Kier molecular flexibility index (Phi) is 12.5. The van der Waals surface area contributed by atoms with E-state index in [4.69, 9.17) is 9.72 Å². The van der Waals surface area contributed by atoms with E-state index < -0.39 is 23.8 Å². The number of nitrogens with one attached hydrogen (secondary N) is 3. The lowest BCUT2D eigenvalue weighted by Crippen LogP contribution is -2.44. The van der Waals surface area contributed by atoms with Crippen LogP contribution < -0.4 is 10.2 Å². The van der Waals surface area contributed by atoms with Gasteiger partial charge in [0.2, 0.25) is 5.91 Å². The molecule has 0 unspecified atom stereocenters. The quantitative estimate of drug-likeness (QED) is 0.121. The highest BCUT2D eigenvalue weighted by Gasteiger charge is 2.40. The Bertz CT molecular complexity index is 2360. The topological polar surface area (TPSA) is 143 Å².